The monoisotopic (exact) mass is 283 g/mol. The summed E-state index contributed by atoms with van der Waals surface area (Å²) in [5.74, 6) is 0.591. The van der Waals surface area contributed by atoms with E-state index in [9.17, 15) is 0 Å². The Morgan fingerprint density at radius 3 is 3.00 bits per heavy atom. The van der Waals surface area contributed by atoms with Crippen molar-refractivity contribution in [3.63, 3.8) is 0 Å². The van der Waals surface area contributed by atoms with Gasteiger partial charge in [0.2, 0.25) is 0 Å². The van der Waals surface area contributed by atoms with E-state index in [0.29, 0.717) is 12.0 Å². The fraction of sp³-hybridized carbons (Fsp3) is 0.538. The van der Waals surface area contributed by atoms with Crippen molar-refractivity contribution in [2.45, 2.75) is 18.9 Å². The normalized spacial score (nSPS) is 23.0. The number of rotatable bonds is 3. The van der Waals surface area contributed by atoms with Crippen molar-refractivity contribution in [3.8, 4) is 0 Å². The lowest BCUT2D eigenvalue weighted by molar-refractivity contribution is 0.0402. The molecule has 1 aliphatic heterocycles. The van der Waals surface area contributed by atoms with Crippen LogP contribution in [0.5, 0.6) is 0 Å². The second kappa shape index (κ2) is 5.80. The molecule has 1 fully saturated rings. The molecule has 1 saturated heterocycles. The number of hydrogen-bond acceptors (Lipinski definition) is 2. The number of hydrogen-bond donors (Lipinski definition) is 1. The van der Waals surface area contributed by atoms with Crippen LogP contribution >= 0.6 is 15.9 Å². The molecule has 0 radical (unpaired) electrons. The lowest BCUT2D eigenvalue weighted by Crippen LogP contribution is -2.31. The topological polar surface area (TPSA) is 21.3 Å². The molecule has 16 heavy (non-hydrogen) atoms. The highest BCUT2D eigenvalue weighted by molar-refractivity contribution is 9.10. The van der Waals surface area contributed by atoms with Crippen molar-refractivity contribution in [3.05, 3.63) is 34.3 Å². The molecule has 0 saturated carbocycles. The number of nitrogens with one attached hydrogen (secondary N) is 1. The molecule has 2 atom stereocenters. The zero-order valence-electron chi connectivity index (χ0n) is 9.58. The first-order valence-electron chi connectivity index (χ1n) is 5.81. The molecule has 0 aromatic heterocycles. The maximum absolute atomic E-state index is 5.56. The number of benzene rings is 1. The second-order valence-corrected chi connectivity index (χ2v) is 5.21. The van der Waals surface area contributed by atoms with E-state index < -0.39 is 0 Å². The largest absolute Gasteiger partial charge is 0.381 e. The Bertz CT molecular complexity index is 336. The Labute approximate surface area is 106 Å². The van der Waals surface area contributed by atoms with Gasteiger partial charge in [0.25, 0.3) is 0 Å². The Hall–Kier alpha value is -0.380. The molecule has 88 valence electrons. The molecular weight excluding hydrogens is 266 g/mol. The van der Waals surface area contributed by atoms with Gasteiger partial charge in [-0.1, -0.05) is 28.1 Å². The lowest BCUT2D eigenvalue weighted by atomic mass is 9.89. The van der Waals surface area contributed by atoms with Crippen LogP contribution in [0.25, 0.3) is 0 Å². The smallest absolute Gasteiger partial charge is 0.0512 e. The van der Waals surface area contributed by atoms with Gasteiger partial charge in [-0.15, -0.1) is 0 Å². The van der Waals surface area contributed by atoms with E-state index in [1.54, 1.807) is 0 Å². The Kier molecular flexibility index (Phi) is 4.38. The minimum atomic E-state index is 0.401. The summed E-state index contributed by atoms with van der Waals surface area (Å²) in [6.45, 7) is 1.80. The third-order valence-electron chi connectivity index (χ3n) is 3.19. The summed E-state index contributed by atoms with van der Waals surface area (Å²) < 4.78 is 6.71. The fourth-order valence-corrected chi connectivity index (χ4v) is 2.82. The third kappa shape index (κ3) is 2.84. The summed E-state index contributed by atoms with van der Waals surface area (Å²) in [7, 11) is 2.03. The molecule has 1 aromatic carbocycles. The minimum Gasteiger partial charge on any atom is -0.381 e. The molecular formula is C13H18BrNO. The van der Waals surface area contributed by atoms with Gasteiger partial charge in [0.1, 0.15) is 0 Å². The minimum absolute atomic E-state index is 0.401. The zero-order chi connectivity index (χ0) is 11.4. The van der Waals surface area contributed by atoms with Crippen molar-refractivity contribution in [2.24, 2.45) is 5.92 Å². The first kappa shape index (κ1) is 12.1. The Morgan fingerprint density at radius 1 is 1.50 bits per heavy atom. The summed E-state index contributed by atoms with van der Waals surface area (Å²) in [6.07, 6.45) is 2.43. The molecule has 1 heterocycles. The van der Waals surface area contributed by atoms with Crippen LogP contribution in [0.1, 0.15) is 24.4 Å². The summed E-state index contributed by atoms with van der Waals surface area (Å²) in [5.41, 5.74) is 1.34. The maximum Gasteiger partial charge on any atom is 0.0512 e. The van der Waals surface area contributed by atoms with E-state index in [1.807, 2.05) is 7.05 Å². The van der Waals surface area contributed by atoms with Gasteiger partial charge < -0.3 is 10.1 Å². The molecule has 0 bridgehead atoms. The molecule has 3 heteroatoms. The maximum atomic E-state index is 5.56. The van der Waals surface area contributed by atoms with Crippen LogP contribution < -0.4 is 5.32 Å². The van der Waals surface area contributed by atoms with E-state index in [4.69, 9.17) is 4.74 Å². The van der Waals surface area contributed by atoms with Crippen LogP contribution in [-0.4, -0.2) is 20.3 Å². The summed E-state index contributed by atoms with van der Waals surface area (Å²) in [5, 5.41) is 3.41. The Morgan fingerprint density at radius 2 is 2.38 bits per heavy atom. The highest BCUT2D eigenvalue weighted by Crippen LogP contribution is 2.29. The van der Waals surface area contributed by atoms with Crippen LogP contribution in [-0.2, 0) is 4.74 Å². The van der Waals surface area contributed by atoms with E-state index in [2.05, 4.69) is 45.5 Å². The SMILES string of the molecule is CNC(c1cccc(Br)c1)C1CCCOC1. The zero-order valence-corrected chi connectivity index (χ0v) is 11.2. The van der Waals surface area contributed by atoms with Gasteiger partial charge in [-0.2, -0.15) is 0 Å². The van der Waals surface area contributed by atoms with Crippen LogP contribution in [0, 0.1) is 5.92 Å². The van der Waals surface area contributed by atoms with Crippen molar-refractivity contribution in [1.29, 1.82) is 0 Å². The van der Waals surface area contributed by atoms with Gasteiger partial charge in [-0.05, 0) is 37.6 Å². The molecule has 2 rings (SSSR count). The average Bonchev–Trinajstić information content (AvgIpc) is 2.31. The highest BCUT2D eigenvalue weighted by atomic mass is 79.9. The van der Waals surface area contributed by atoms with E-state index >= 15 is 0 Å². The Balaban J connectivity index is 2.14. The summed E-state index contributed by atoms with van der Waals surface area (Å²) in [4.78, 5) is 0. The van der Waals surface area contributed by atoms with Crippen LogP contribution in [0.15, 0.2) is 28.7 Å². The predicted molar refractivity (Wildman–Crippen MR) is 69.5 cm³/mol. The van der Waals surface area contributed by atoms with Crippen LogP contribution in [0.3, 0.4) is 0 Å². The molecule has 1 N–H and O–H groups in total. The molecule has 2 nitrogen and oxygen atoms in total. The molecule has 2 unspecified atom stereocenters. The molecule has 1 aliphatic rings. The molecule has 0 spiro atoms. The third-order valence-corrected chi connectivity index (χ3v) is 3.68. The van der Waals surface area contributed by atoms with Crippen molar-refractivity contribution in [2.75, 3.05) is 20.3 Å². The van der Waals surface area contributed by atoms with Gasteiger partial charge in [0, 0.05) is 23.0 Å². The molecule has 0 aliphatic carbocycles. The standard InChI is InChI=1S/C13H18BrNO/c1-15-13(11-5-3-7-16-9-11)10-4-2-6-12(14)8-10/h2,4,6,8,11,13,15H,3,5,7,9H2,1H3. The van der Waals surface area contributed by atoms with Gasteiger partial charge in [0.15, 0.2) is 0 Å². The van der Waals surface area contributed by atoms with E-state index in [0.717, 1.165) is 17.7 Å². The molecule has 0 amide bonds. The average molecular weight is 284 g/mol. The predicted octanol–water partition coefficient (Wildman–Crippen LogP) is 3.14. The number of ether oxygens (including phenoxy) is 1. The van der Waals surface area contributed by atoms with Crippen LogP contribution in [0.4, 0.5) is 0 Å². The highest BCUT2D eigenvalue weighted by Gasteiger charge is 2.24. The fourth-order valence-electron chi connectivity index (χ4n) is 2.40. The van der Waals surface area contributed by atoms with E-state index in [1.165, 1.54) is 18.4 Å². The van der Waals surface area contributed by atoms with E-state index in [-0.39, 0.29) is 0 Å². The second-order valence-electron chi connectivity index (χ2n) is 4.30. The lowest BCUT2D eigenvalue weighted by Gasteiger charge is -2.30. The van der Waals surface area contributed by atoms with Gasteiger partial charge >= 0.3 is 0 Å². The summed E-state index contributed by atoms with van der Waals surface area (Å²) >= 11 is 3.52. The van der Waals surface area contributed by atoms with Crippen molar-refractivity contribution in [1.82, 2.24) is 5.32 Å². The van der Waals surface area contributed by atoms with Gasteiger partial charge in [-0.25, -0.2) is 0 Å². The van der Waals surface area contributed by atoms with Crippen molar-refractivity contribution >= 4 is 15.9 Å². The van der Waals surface area contributed by atoms with Gasteiger partial charge in [0.05, 0.1) is 6.61 Å². The number of halogens is 1. The van der Waals surface area contributed by atoms with Gasteiger partial charge in [-0.3, -0.25) is 0 Å². The van der Waals surface area contributed by atoms with Crippen molar-refractivity contribution < 1.29 is 4.74 Å². The molecule has 1 aromatic rings. The first-order chi connectivity index (χ1) is 7.81. The van der Waals surface area contributed by atoms with Crippen LogP contribution in [0.2, 0.25) is 0 Å². The summed E-state index contributed by atoms with van der Waals surface area (Å²) in [6, 6.07) is 8.93. The first-order valence-corrected chi connectivity index (χ1v) is 6.61. The quantitative estimate of drug-likeness (QED) is 0.920.